The van der Waals surface area contributed by atoms with Crippen LogP contribution in [0.25, 0.3) is 0 Å². The fourth-order valence-corrected chi connectivity index (χ4v) is 2.45. The summed E-state index contributed by atoms with van der Waals surface area (Å²) in [7, 11) is 0. The lowest BCUT2D eigenvalue weighted by molar-refractivity contribution is 0.214. The summed E-state index contributed by atoms with van der Waals surface area (Å²) in [6.45, 7) is 4.07. The van der Waals surface area contributed by atoms with Crippen molar-refractivity contribution in [3.63, 3.8) is 0 Å². The Morgan fingerprint density at radius 2 is 2.35 bits per heavy atom. The molecule has 0 amide bonds. The molecule has 94 valence electrons. The lowest BCUT2D eigenvalue weighted by atomic mass is 10.1. The lowest BCUT2D eigenvalue weighted by Crippen LogP contribution is -2.42. The molecule has 0 aliphatic carbocycles. The third kappa shape index (κ3) is 2.66. The second-order valence-electron chi connectivity index (χ2n) is 4.02. The summed E-state index contributed by atoms with van der Waals surface area (Å²) in [5, 5.41) is 0. The largest absolute Gasteiger partial charge is 0.574 e. The van der Waals surface area contributed by atoms with Crippen molar-refractivity contribution in [3.8, 4) is 5.75 Å². The number of anilines is 1. The van der Waals surface area contributed by atoms with Crippen LogP contribution in [-0.2, 0) is 11.5 Å². The summed E-state index contributed by atoms with van der Waals surface area (Å²) in [5.74, 6) is 0.737. The number of fused-ring (bicyclic) bond motifs is 1. The molecule has 5 nitrogen and oxygen atoms in total. The highest BCUT2D eigenvalue weighted by Crippen LogP contribution is 2.34. The van der Waals surface area contributed by atoms with Crippen LogP contribution in [0.2, 0.25) is 0 Å². The molecule has 1 aromatic rings. The maximum atomic E-state index is 11.4. The van der Waals surface area contributed by atoms with Crippen LogP contribution >= 0.6 is 0 Å². The molecule has 2 unspecified atom stereocenters. The first-order valence-electron chi connectivity index (χ1n) is 5.61. The molecule has 17 heavy (non-hydrogen) atoms. The fraction of sp³-hybridized carbons (Fsp3) is 0.455. The molecule has 6 heteroatoms. The van der Waals surface area contributed by atoms with Crippen molar-refractivity contribution in [1.82, 2.24) is 4.72 Å². The van der Waals surface area contributed by atoms with Crippen molar-refractivity contribution in [2.45, 2.75) is 32.5 Å². The highest BCUT2D eigenvalue weighted by Gasteiger charge is 2.28. The van der Waals surface area contributed by atoms with E-state index in [1.807, 2.05) is 25.1 Å². The maximum absolute atomic E-state index is 11.4. The van der Waals surface area contributed by atoms with Crippen LogP contribution in [0.15, 0.2) is 18.2 Å². The first-order chi connectivity index (χ1) is 8.11. The highest BCUT2D eigenvalue weighted by molar-refractivity contribution is 7.90. The van der Waals surface area contributed by atoms with Crippen molar-refractivity contribution >= 4 is 17.2 Å². The number of nitrogens with one attached hydrogen (secondary N) is 2. The minimum Gasteiger partial charge on any atom is -0.574 e. The number of hydrogen-bond donors (Lipinski definition) is 3. The van der Waals surface area contributed by atoms with E-state index in [1.54, 1.807) is 0 Å². The van der Waals surface area contributed by atoms with Gasteiger partial charge < -0.3 is 15.0 Å². The van der Waals surface area contributed by atoms with E-state index >= 15 is 0 Å². The van der Waals surface area contributed by atoms with Crippen LogP contribution in [0.5, 0.6) is 5.75 Å². The fourth-order valence-electron chi connectivity index (χ4n) is 1.66. The van der Waals surface area contributed by atoms with Crippen LogP contribution < -0.4 is 19.9 Å². The van der Waals surface area contributed by atoms with Gasteiger partial charge in [0.05, 0.1) is 17.4 Å². The summed E-state index contributed by atoms with van der Waals surface area (Å²) in [5.41, 5.74) is 7.52. The number of benzene rings is 1. The Morgan fingerprint density at radius 3 is 3.06 bits per heavy atom. The quantitative estimate of drug-likeness (QED) is 0.711. The van der Waals surface area contributed by atoms with Gasteiger partial charge in [-0.25, -0.2) is 0 Å². The monoisotopic (exact) mass is 255 g/mol. The first kappa shape index (κ1) is 12.5. The first-order valence-corrected chi connectivity index (χ1v) is 6.76. The van der Waals surface area contributed by atoms with Crippen molar-refractivity contribution < 1.29 is 9.29 Å². The molecular weight excluding hydrogens is 238 g/mol. The van der Waals surface area contributed by atoms with Crippen LogP contribution in [-0.4, -0.2) is 10.7 Å². The van der Waals surface area contributed by atoms with Gasteiger partial charge in [0.15, 0.2) is 11.5 Å². The Balaban J connectivity index is 2.32. The van der Waals surface area contributed by atoms with Gasteiger partial charge in [0.25, 0.3) is 0 Å². The number of nitrogens with two attached hydrogens (primary N) is 1. The van der Waals surface area contributed by atoms with Gasteiger partial charge in [-0.2, -0.15) is 4.72 Å². The Morgan fingerprint density at radius 1 is 1.59 bits per heavy atom. The van der Waals surface area contributed by atoms with E-state index in [4.69, 9.17) is 10.5 Å². The van der Waals surface area contributed by atoms with E-state index in [-0.39, 0.29) is 6.10 Å². The van der Waals surface area contributed by atoms with E-state index in [2.05, 4.69) is 16.4 Å². The zero-order valence-electron chi connectivity index (χ0n) is 9.90. The van der Waals surface area contributed by atoms with Crippen LogP contribution in [0, 0.1) is 0 Å². The minimum atomic E-state index is -1.33. The Hall–Kier alpha value is -0.950. The molecule has 1 aliphatic heterocycles. The van der Waals surface area contributed by atoms with Gasteiger partial charge in [-0.3, -0.25) is 0 Å². The lowest BCUT2D eigenvalue weighted by Gasteiger charge is -2.27. The minimum absolute atomic E-state index is 0.126. The molecule has 1 aromatic carbocycles. The van der Waals surface area contributed by atoms with E-state index < -0.39 is 17.7 Å². The third-order valence-electron chi connectivity index (χ3n) is 2.72. The number of rotatable bonds is 3. The van der Waals surface area contributed by atoms with Gasteiger partial charge in [0, 0.05) is 0 Å². The number of ether oxygens (including phenoxy) is 1. The summed E-state index contributed by atoms with van der Waals surface area (Å²) >= 11 is -1.33. The molecular formula is C11H17N3O2S. The molecule has 3 atom stereocenters. The normalized spacial score (nSPS) is 24.7. The number of hydrogen-bond acceptors (Lipinski definition) is 5. The smallest absolute Gasteiger partial charge is 0.165 e. The SMILES string of the molecule is CC[C@H](C)Oc1cccc2c1C(N)N[S+]([O-])N2. The summed E-state index contributed by atoms with van der Waals surface area (Å²) < 4.78 is 22.8. The molecule has 0 radical (unpaired) electrons. The molecule has 1 heterocycles. The summed E-state index contributed by atoms with van der Waals surface area (Å²) in [6.07, 6.45) is 0.569. The second kappa shape index (κ2) is 5.14. The van der Waals surface area contributed by atoms with E-state index in [1.165, 1.54) is 0 Å². The van der Waals surface area contributed by atoms with E-state index in [0.717, 1.165) is 23.4 Å². The Bertz CT molecular complexity index is 402. The highest BCUT2D eigenvalue weighted by atomic mass is 32.2. The van der Waals surface area contributed by atoms with Crippen molar-refractivity contribution in [2.75, 3.05) is 4.72 Å². The standard InChI is InChI=1S/C11H17N3O2S/c1-3-7(2)16-9-6-4-5-8-10(9)11(12)14-17(15)13-8/h4-7,11,13-14H,3,12H2,1-2H3/t7-,11?,17?/m0/s1. The molecule has 0 bridgehead atoms. The van der Waals surface area contributed by atoms with Crippen LogP contribution in [0.3, 0.4) is 0 Å². The van der Waals surface area contributed by atoms with Gasteiger partial charge in [0.1, 0.15) is 11.9 Å². The van der Waals surface area contributed by atoms with Gasteiger partial charge in [-0.05, 0) is 25.5 Å². The zero-order chi connectivity index (χ0) is 12.4. The Kier molecular flexibility index (Phi) is 3.78. The average Bonchev–Trinajstić information content (AvgIpc) is 2.28. The molecule has 0 fully saturated rings. The van der Waals surface area contributed by atoms with Gasteiger partial charge in [-0.1, -0.05) is 17.7 Å². The predicted octanol–water partition coefficient (Wildman–Crippen LogP) is 1.41. The third-order valence-corrected chi connectivity index (χ3v) is 3.59. The van der Waals surface area contributed by atoms with Gasteiger partial charge in [0.2, 0.25) is 0 Å². The van der Waals surface area contributed by atoms with Gasteiger partial charge in [-0.15, -0.1) is 0 Å². The zero-order valence-corrected chi connectivity index (χ0v) is 10.7. The molecule has 0 saturated heterocycles. The van der Waals surface area contributed by atoms with Crippen molar-refractivity contribution in [1.29, 1.82) is 0 Å². The maximum Gasteiger partial charge on any atom is 0.165 e. The molecule has 0 spiro atoms. The van der Waals surface area contributed by atoms with Crippen LogP contribution in [0.1, 0.15) is 32.0 Å². The summed E-state index contributed by atoms with van der Waals surface area (Å²) in [4.78, 5) is 0. The van der Waals surface area contributed by atoms with E-state index in [0.29, 0.717) is 0 Å². The van der Waals surface area contributed by atoms with Gasteiger partial charge >= 0.3 is 0 Å². The van der Waals surface area contributed by atoms with Crippen molar-refractivity contribution in [3.05, 3.63) is 23.8 Å². The Labute approximate surface area is 104 Å². The average molecular weight is 255 g/mol. The molecule has 2 rings (SSSR count). The predicted molar refractivity (Wildman–Crippen MR) is 68.7 cm³/mol. The molecule has 0 aromatic heterocycles. The topological polar surface area (TPSA) is 82.4 Å². The van der Waals surface area contributed by atoms with E-state index in [9.17, 15) is 4.55 Å². The van der Waals surface area contributed by atoms with Crippen LogP contribution in [0.4, 0.5) is 5.69 Å². The molecule has 0 saturated carbocycles. The second-order valence-corrected chi connectivity index (χ2v) is 5.00. The summed E-state index contributed by atoms with van der Waals surface area (Å²) in [6, 6.07) is 5.58. The van der Waals surface area contributed by atoms with Crippen molar-refractivity contribution in [2.24, 2.45) is 5.73 Å². The molecule has 1 aliphatic rings. The molecule has 4 N–H and O–H groups in total.